The Morgan fingerprint density at radius 3 is 2.53 bits per heavy atom. The average Bonchev–Trinajstić information content (AvgIpc) is 2.61. The van der Waals surface area contributed by atoms with Crippen molar-refractivity contribution in [3.05, 3.63) is 41.5 Å². The lowest BCUT2D eigenvalue weighted by Crippen LogP contribution is -2.19. The van der Waals surface area contributed by atoms with E-state index in [-0.39, 0.29) is 5.82 Å². The van der Waals surface area contributed by atoms with Gasteiger partial charge in [0.1, 0.15) is 5.82 Å². The van der Waals surface area contributed by atoms with Gasteiger partial charge in [0.15, 0.2) is 5.11 Å². The van der Waals surface area contributed by atoms with Crippen molar-refractivity contribution < 1.29 is 4.39 Å². The Bertz CT molecular complexity index is 621. The SMILES string of the molecule is Cc1cc(F)ccc1NC(=S)Nc1cn(C)nc1C. The molecule has 0 saturated heterocycles. The Morgan fingerprint density at radius 2 is 1.95 bits per heavy atom. The number of hydrogen-bond donors (Lipinski definition) is 2. The van der Waals surface area contributed by atoms with Gasteiger partial charge in [0.05, 0.1) is 11.4 Å². The van der Waals surface area contributed by atoms with E-state index < -0.39 is 0 Å². The third-order valence-corrected chi connectivity index (χ3v) is 2.90. The minimum absolute atomic E-state index is 0.259. The van der Waals surface area contributed by atoms with Crippen LogP contribution in [0.3, 0.4) is 0 Å². The van der Waals surface area contributed by atoms with Crippen LogP contribution in [0.25, 0.3) is 0 Å². The molecule has 0 amide bonds. The first-order chi connectivity index (χ1) is 8.95. The smallest absolute Gasteiger partial charge is 0.175 e. The fraction of sp³-hybridized carbons (Fsp3) is 0.231. The summed E-state index contributed by atoms with van der Waals surface area (Å²) in [4.78, 5) is 0. The molecule has 0 atom stereocenters. The standard InChI is InChI=1S/C13H15FN4S/c1-8-6-10(14)4-5-11(8)15-13(19)16-12-7-18(3)17-9(12)2/h4-7H,1-3H3,(H2,15,16,19). The molecule has 1 heterocycles. The van der Waals surface area contributed by atoms with Gasteiger partial charge in [0.2, 0.25) is 0 Å². The van der Waals surface area contributed by atoms with E-state index in [4.69, 9.17) is 12.2 Å². The zero-order valence-corrected chi connectivity index (χ0v) is 11.8. The van der Waals surface area contributed by atoms with E-state index in [1.807, 2.05) is 27.1 Å². The molecule has 0 spiro atoms. The molecule has 0 unspecified atom stereocenters. The monoisotopic (exact) mass is 278 g/mol. The van der Waals surface area contributed by atoms with Gasteiger partial charge in [0, 0.05) is 18.9 Å². The van der Waals surface area contributed by atoms with Crippen molar-refractivity contribution in [1.29, 1.82) is 0 Å². The van der Waals surface area contributed by atoms with Crippen molar-refractivity contribution in [3.63, 3.8) is 0 Å². The van der Waals surface area contributed by atoms with Crippen molar-refractivity contribution >= 4 is 28.7 Å². The maximum atomic E-state index is 13.0. The number of aromatic nitrogens is 2. The number of nitrogens with zero attached hydrogens (tertiary/aromatic N) is 2. The zero-order valence-electron chi connectivity index (χ0n) is 11.0. The second kappa shape index (κ2) is 5.36. The molecular weight excluding hydrogens is 263 g/mol. The fourth-order valence-corrected chi connectivity index (χ4v) is 1.99. The summed E-state index contributed by atoms with van der Waals surface area (Å²) in [5.41, 5.74) is 3.29. The highest BCUT2D eigenvalue weighted by Gasteiger charge is 2.06. The van der Waals surface area contributed by atoms with E-state index in [1.54, 1.807) is 10.7 Å². The van der Waals surface area contributed by atoms with Crippen LogP contribution in [-0.2, 0) is 7.05 Å². The van der Waals surface area contributed by atoms with Crippen LogP contribution in [0.2, 0.25) is 0 Å². The van der Waals surface area contributed by atoms with Crippen molar-refractivity contribution in [2.24, 2.45) is 7.05 Å². The molecule has 19 heavy (non-hydrogen) atoms. The molecule has 0 saturated carbocycles. The van der Waals surface area contributed by atoms with Crippen LogP contribution in [0.1, 0.15) is 11.3 Å². The molecule has 0 aliphatic carbocycles. The van der Waals surface area contributed by atoms with Crippen molar-refractivity contribution in [1.82, 2.24) is 9.78 Å². The first-order valence-electron chi connectivity index (χ1n) is 5.80. The maximum absolute atomic E-state index is 13.0. The topological polar surface area (TPSA) is 41.9 Å². The molecule has 0 aliphatic rings. The summed E-state index contributed by atoms with van der Waals surface area (Å²) in [5, 5.41) is 10.8. The Hall–Kier alpha value is -1.95. The molecule has 0 aliphatic heterocycles. The van der Waals surface area contributed by atoms with Crippen LogP contribution in [0, 0.1) is 19.7 Å². The predicted molar refractivity (Wildman–Crippen MR) is 78.9 cm³/mol. The quantitative estimate of drug-likeness (QED) is 0.829. The van der Waals surface area contributed by atoms with Gasteiger partial charge in [-0.25, -0.2) is 4.39 Å². The van der Waals surface area contributed by atoms with Gasteiger partial charge in [-0.05, 0) is 49.8 Å². The molecular formula is C13H15FN4S. The average molecular weight is 278 g/mol. The molecule has 2 N–H and O–H groups in total. The molecule has 6 heteroatoms. The highest BCUT2D eigenvalue weighted by atomic mass is 32.1. The third-order valence-electron chi connectivity index (χ3n) is 2.70. The molecule has 0 bridgehead atoms. The summed E-state index contributed by atoms with van der Waals surface area (Å²) in [7, 11) is 1.85. The lowest BCUT2D eigenvalue weighted by Gasteiger charge is -2.11. The lowest BCUT2D eigenvalue weighted by molar-refractivity contribution is 0.627. The number of benzene rings is 1. The number of nitrogens with one attached hydrogen (secondary N) is 2. The van der Waals surface area contributed by atoms with Crippen molar-refractivity contribution in [2.75, 3.05) is 10.6 Å². The van der Waals surface area contributed by atoms with Crippen LogP contribution >= 0.6 is 12.2 Å². The van der Waals surface area contributed by atoms with Crippen molar-refractivity contribution in [3.8, 4) is 0 Å². The van der Waals surface area contributed by atoms with Crippen molar-refractivity contribution in [2.45, 2.75) is 13.8 Å². The molecule has 100 valence electrons. The van der Waals surface area contributed by atoms with Gasteiger partial charge in [0.25, 0.3) is 0 Å². The normalized spacial score (nSPS) is 10.3. The summed E-state index contributed by atoms with van der Waals surface area (Å²) < 4.78 is 14.7. The van der Waals surface area contributed by atoms with Gasteiger partial charge >= 0.3 is 0 Å². The predicted octanol–water partition coefficient (Wildman–Crippen LogP) is 2.98. The van der Waals surface area contributed by atoms with Gasteiger partial charge < -0.3 is 10.6 Å². The first-order valence-corrected chi connectivity index (χ1v) is 6.21. The Labute approximate surface area is 116 Å². The third kappa shape index (κ3) is 3.29. The summed E-state index contributed by atoms with van der Waals surface area (Å²) in [6.45, 7) is 3.72. The van der Waals surface area contributed by atoms with Crippen LogP contribution in [0.4, 0.5) is 15.8 Å². The molecule has 0 fully saturated rings. The fourth-order valence-electron chi connectivity index (χ4n) is 1.77. The maximum Gasteiger partial charge on any atom is 0.175 e. The molecule has 0 radical (unpaired) electrons. The number of halogens is 1. The number of anilines is 2. The first kappa shape index (κ1) is 13.5. The van der Waals surface area contributed by atoms with E-state index in [1.165, 1.54) is 12.1 Å². The number of aryl methyl sites for hydroxylation is 3. The highest BCUT2D eigenvalue weighted by molar-refractivity contribution is 7.80. The van der Waals surface area contributed by atoms with Crippen LogP contribution < -0.4 is 10.6 Å². The Balaban J connectivity index is 2.07. The van der Waals surface area contributed by atoms with Crippen LogP contribution in [0.15, 0.2) is 24.4 Å². The number of hydrogen-bond acceptors (Lipinski definition) is 2. The van der Waals surface area contributed by atoms with E-state index in [0.717, 1.165) is 22.6 Å². The Morgan fingerprint density at radius 1 is 1.26 bits per heavy atom. The van der Waals surface area contributed by atoms with Gasteiger partial charge in [-0.1, -0.05) is 0 Å². The number of rotatable bonds is 2. The van der Waals surface area contributed by atoms with E-state index >= 15 is 0 Å². The van der Waals surface area contributed by atoms with Crippen LogP contribution in [-0.4, -0.2) is 14.9 Å². The second-order valence-electron chi connectivity index (χ2n) is 4.34. The zero-order chi connectivity index (χ0) is 14.0. The van der Waals surface area contributed by atoms with Gasteiger partial charge in [-0.15, -0.1) is 0 Å². The van der Waals surface area contributed by atoms with Crippen LogP contribution in [0.5, 0.6) is 0 Å². The largest absolute Gasteiger partial charge is 0.332 e. The molecule has 2 aromatic rings. The highest BCUT2D eigenvalue weighted by Crippen LogP contribution is 2.17. The Kier molecular flexibility index (Phi) is 3.80. The summed E-state index contributed by atoms with van der Waals surface area (Å²) in [6, 6.07) is 4.52. The number of thiocarbonyl (C=S) groups is 1. The molecule has 1 aromatic heterocycles. The molecule has 2 rings (SSSR count). The van der Waals surface area contributed by atoms with Gasteiger partial charge in [-0.3, -0.25) is 4.68 Å². The van der Waals surface area contributed by atoms with E-state index in [2.05, 4.69) is 15.7 Å². The molecule has 1 aromatic carbocycles. The molecule has 4 nitrogen and oxygen atoms in total. The summed E-state index contributed by atoms with van der Waals surface area (Å²) in [6.07, 6.45) is 1.85. The van der Waals surface area contributed by atoms with E-state index in [0.29, 0.717) is 5.11 Å². The van der Waals surface area contributed by atoms with Gasteiger partial charge in [-0.2, -0.15) is 5.10 Å². The minimum atomic E-state index is -0.259. The second-order valence-corrected chi connectivity index (χ2v) is 4.75. The minimum Gasteiger partial charge on any atom is -0.332 e. The lowest BCUT2D eigenvalue weighted by atomic mass is 10.2. The summed E-state index contributed by atoms with van der Waals surface area (Å²) >= 11 is 5.23. The van der Waals surface area contributed by atoms with E-state index in [9.17, 15) is 4.39 Å². The summed E-state index contributed by atoms with van der Waals surface area (Å²) in [5.74, 6) is -0.259.